The van der Waals surface area contributed by atoms with Crippen molar-refractivity contribution in [2.45, 2.75) is 25.9 Å². The summed E-state index contributed by atoms with van der Waals surface area (Å²) in [5.41, 5.74) is 8.20. The summed E-state index contributed by atoms with van der Waals surface area (Å²) in [5, 5.41) is 1.75. The van der Waals surface area contributed by atoms with E-state index < -0.39 is 0 Å². The predicted molar refractivity (Wildman–Crippen MR) is 83.8 cm³/mol. The molecule has 106 valence electrons. The predicted octanol–water partition coefficient (Wildman–Crippen LogP) is 3.06. The molecule has 0 saturated carbocycles. The maximum atomic E-state index is 6.32. The number of aromatic nitrogens is 1. The summed E-state index contributed by atoms with van der Waals surface area (Å²) in [6.45, 7) is 5.08. The standard InChI is InChI=1S/C16H20ClN3/c1-11-6-7-20(10-14(11)18)9-13-8-12-4-2-3-5-15(12)19-16(13)17/h2-5,8,11,14H,6-7,9-10,18H2,1H3. The van der Waals surface area contributed by atoms with Gasteiger partial charge in [0.05, 0.1) is 5.52 Å². The van der Waals surface area contributed by atoms with Gasteiger partial charge in [-0.2, -0.15) is 0 Å². The topological polar surface area (TPSA) is 42.2 Å². The number of benzene rings is 1. The van der Waals surface area contributed by atoms with E-state index in [-0.39, 0.29) is 6.04 Å². The van der Waals surface area contributed by atoms with Crippen molar-refractivity contribution in [1.29, 1.82) is 0 Å². The van der Waals surface area contributed by atoms with E-state index in [9.17, 15) is 0 Å². The van der Waals surface area contributed by atoms with Crippen LogP contribution >= 0.6 is 11.6 Å². The number of nitrogens with two attached hydrogens (primary N) is 1. The van der Waals surface area contributed by atoms with Gasteiger partial charge in [-0.05, 0) is 31.0 Å². The van der Waals surface area contributed by atoms with Gasteiger partial charge in [-0.3, -0.25) is 4.90 Å². The fourth-order valence-electron chi connectivity index (χ4n) is 2.80. The van der Waals surface area contributed by atoms with E-state index in [1.54, 1.807) is 0 Å². The Bertz CT molecular complexity index is 614. The fourth-order valence-corrected chi connectivity index (χ4v) is 3.01. The van der Waals surface area contributed by atoms with Gasteiger partial charge in [0.25, 0.3) is 0 Å². The van der Waals surface area contributed by atoms with Crippen LogP contribution in [0, 0.1) is 5.92 Å². The molecule has 4 heteroatoms. The molecule has 1 saturated heterocycles. The molecule has 2 aromatic rings. The maximum absolute atomic E-state index is 6.32. The highest BCUT2D eigenvalue weighted by atomic mass is 35.5. The minimum absolute atomic E-state index is 0.260. The Kier molecular flexibility index (Phi) is 3.92. The number of rotatable bonds is 2. The summed E-state index contributed by atoms with van der Waals surface area (Å²) in [5.74, 6) is 0.608. The zero-order chi connectivity index (χ0) is 14.1. The quantitative estimate of drug-likeness (QED) is 0.864. The van der Waals surface area contributed by atoms with Crippen LogP contribution in [-0.4, -0.2) is 29.0 Å². The molecule has 3 rings (SSSR count). The molecule has 0 bridgehead atoms. The van der Waals surface area contributed by atoms with Crippen LogP contribution in [0.25, 0.3) is 10.9 Å². The Labute approximate surface area is 124 Å². The van der Waals surface area contributed by atoms with Crippen LogP contribution in [0.5, 0.6) is 0 Å². The Morgan fingerprint density at radius 1 is 1.40 bits per heavy atom. The third-order valence-electron chi connectivity index (χ3n) is 4.24. The van der Waals surface area contributed by atoms with Crippen molar-refractivity contribution in [3.8, 4) is 0 Å². The van der Waals surface area contributed by atoms with Gasteiger partial charge in [0.15, 0.2) is 0 Å². The van der Waals surface area contributed by atoms with Crippen LogP contribution in [0.2, 0.25) is 5.15 Å². The molecule has 0 aliphatic carbocycles. The van der Waals surface area contributed by atoms with Crippen molar-refractivity contribution in [2.75, 3.05) is 13.1 Å². The number of halogens is 1. The minimum atomic E-state index is 0.260. The summed E-state index contributed by atoms with van der Waals surface area (Å²) in [7, 11) is 0. The lowest BCUT2D eigenvalue weighted by atomic mass is 9.94. The third-order valence-corrected chi connectivity index (χ3v) is 4.57. The average molecular weight is 290 g/mol. The monoisotopic (exact) mass is 289 g/mol. The molecule has 0 radical (unpaired) electrons. The largest absolute Gasteiger partial charge is 0.326 e. The van der Waals surface area contributed by atoms with Gasteiger partial charge in [0.2, 0.25) is 0 Å². The van der Waals surface area contributed by atoms with Crippen molar-refractivity contribution in [1.82, 2.24) is 9.88 Å². The summed E-state index contributed by atoms with van der Waals surface area (Å²) in [4.78, 5) is 6.86. The molecular weight excluding hydrogens is 270 g/mol. The van der Waals surface area contributed by atoms with Crippen LogP contribution in [0.4, 0.5) is 0 Å². The van der Waals surface area contributed by atoms with E-state index in [4.69, 9.17) is 17.3 Å². The second-order valence-electron chi connectivity index (χ2n) is 5.80. The second-order valence-corrected chi connectivity index (χ2v) is 6.15. The normalized spacial score (nSPS) is 24.1. The van der Waals surface area contributed by atoms with Gasteiger partial charge in [-0.15, -0.1) is 0 Å². The fraction of sp³-hybridized carbons (Fsp3) is 0.438. The van der Waals surface area contributed by atoms with Crippen molar-refractivity contribution in [2.24, 2.45) is 11.7 Å². The van der Waals surface area contributed by atoms with E-state index in [0.717, 1.165) is 42.5 Å². The van der Waals surface area contributed by atoms with Gasteiger partial charge in [-0.1, -0.05) is 36.7 Å². The smallest absolute Gasteiger partial charge is 0.134 e. The molecule has 1 fully saturated rings. The molecule has 3 nitrogen and oxygen atoms in total. The highest BCUT2D eigenvalue weighted by molar-refractivity contribution is 6.30. The molecule has 1 aromatic heterocycles. The molecular formula is C16H20ClN3. The zero-order valence-electron chi connectivity index (χ0n) is 11.7. The zero-order valence-corrected chi connectivity index (χ0v) is 12.5. The van der Waals surface area contributed by atoms with Gasteiger partial charge in [-0.25, -0.2) is 4.98 Å². The molecule has 1 aliphatic rings. The van der Waals surface area contributed by atoms with Crippen molar-refractivity contribution in [3.05, 3.63) is 41.0 Å². The number of piperidine rings is 1. The van der Waals surface area contributed by atoms with E-state index >= 15 is 0 Å². The third kappa shape index (κ3) is 2.80. The van der Waals surface area contributed by atoms with Crippen LogP contribution in [-0.2, 0) is 6.54 Å². The number of hydrogen-bond acceptors (Lipinski definition) is 3. The van der Waals surface area contributed by atoms with E-state index in [2.05, 4.69) is 28.9 Å². The van der Waals surface area contributed by atoms with Gasteiger partial charge in [0.1, 0.15) is 5.15 Å². The van der Waals surface area contributed by atoms with Crippen molar-refractivity contribution in [3.63, 3.8) is 0 Å². The van der Waals surface area contributed by atoms with Crippen LogP contribution in [0.1, 0.15) is 18.9 Å². The highest BCUT2D eigenvalue weighted by Gasteiger charge is 2.23. The van der Waals surface area contributed by atoms with Gasteiger partial charge in [0, 0.05) is 30.1 Å². The first-order valence-electron chi connectivity index (χ1n) is 7.15. The van der Waals surface area contributed by atoms with E-state index in [1.165, 1.54) is 0 Å². The lowest BCUT2D eigenvalue weighted by Gasteiger charge is -2.35. The lowest BCUT2D eigenvalue weighted by molar-refractivity contribution is 0.162. The summed E-state index contributed by atoms with van der Waals surface area (Å²) in [6, 6.07) is 10.5. The molecule has 2 heterocycles. The first-order chi connectivity index (χ1) is 9.63. The minimum Gasteiger partial charge on any atom is -0.326 e. The van der Waals surface area contributed by atoms with Crippen LogP contribution < -0.4 is 5.73 Å². The summed E-state index contributed by atoms with van der Waals surface area (Å²) in [6.07, 6.45) is 1.15. The van der Waals surface area contributed by atoms with Crippen LogP contribution in [0.15, 0.2) is 30.3 Å². The molecule has 0 amide bonds. The van der Waals surface area contributed by atoms with Gasteiger partial charge >= 0.3 is 0 Å². The Morgan fingerprint density at radius 3 is 3.00 bits per heavy atom. The van der Waals surface area contributed by atoms with E-state index in [1.807, 2.05) is 18.2 Å². The van der Waals surface area contributed by atoms with Crippen LogP contribution in [0.3, 0.4) is 0 Å². The van der Waals surface area contributed by atoms with Crippen molar-refractivity contribution < 1.29 is 0 Å². The first kappa shape index (κ1) is 13.8. The number of nitrogens with zero attached hydrogens (tertiary/aromatic N) is 2. The second kappa shape index (κ2) is 5.68. The molecule has 0 spiro atoms. The van der Waals surface area contributed by atoms with Crippen molar-refractivity contribution >= 4 is 22.5 Å². The number of fused-ring (bicyclic) bond motifs is 1. The molecule has 20 heavy (non-hydrogen) atoms. The lowest BCUT2D eigenvalue weighted by Crippen LogP contribution is -2.47. The average Bonchev–Trinajstić information content (AvgIpc) is 2.44. The number of likely N-dealkylation sites (tertiary alicyclic amines) is 1. The Hall–Kier alpha value is -1.16. The Morgan fingerprint density at radius 2 is 2.20 bits per heavy atom. The van der Waals surface area contributed by atoms with Gasteiger partial charge < -0.3 is 5.73 Å². The number of para-hydroxylation sites is 1. The first-order valence-corrected chi connectivity index (χ1v) is 7.53. The summed E-state index contributed by atoms with van der Waals surface area (Å²) >= 11 is 6.32. The maximum Gasteiger partial charge on any atom is 0.134 e. The summed E-state index contributed by atoms with van der Waals surface area (Å²) < 4.78 is 0. The molecule has 2 atom stereocenters. The SMILES string of the molecule is CC1CCN(Cc2cc3ccccc3nc2Cl)CC1N. The molecule has 1 aliphatic heterocycles. The number of hydrogen-bond donors (Lipinski definition) is 1. The molecule has 2 N–H and O–H groups in total. The Balaban J connectivity index is 1.82. The highest BCUT2D eigenvalue weighted by Crippen LogP contribution is 2.24. The van der Waals surface area contributed by atoms with E-state index in [0.29, 0.717) is 11.1 Å². The number of pyridine rings is 1. The molecule has 1 aromatic carbocycles. The molecule has 2 unspecified atom stereocenters.